The molecular weight excluding hydrogens is 358 g/mol. The zero-order chi connectivity index (χ0) is 18.6. The number of hydrogen-bond donors (Lipinski definition) is 2. The Morgan fingerprint density at radius 3 is 2.30 bits per heavy atom. The molecule has 1 aromatic heterocycles. The highest BCUT2D eigenvalue weighted by Crippen LogP contribution is 2.27. The van der Waals surface area contributed by atoms with E-state index in [0.29, 0.717) is 0 Å². The van der Waals surface area contributed by atoms with E-state index < -0.39 is 0 Å². The van der Waals surface area contributed by atoms with Gasteiger partial charge in [0.2, 0.25) is 0 Å². The van der Waals surface area contributed by atoms with Crippen molar-refractivity contribution < 1.29 is 19.3 Å². The van der Waals surface area contributed by atoms with E-state index >= 15 is 0 Å². The number of rotatable bonds is 6. The summed E-state index contributed by atoms with van der Waals surface area (Å²) in [6, 6.07) is 14.7. The van der Waals surface area contributed by atoms with E-state index in [-0.39, 0.29) is 0 Å². The van der Waals surface area contributed by atoms with Crippen LogP contribution in [0.5, 0.6) is 11.5 Å². The van der Waals surface area contributed by atoms with Crippen LogP contribution in [0.4, 0.5) is 0 Å². The van der Waals surface area contributed by atoms with Crippen molar-refractivity contribution in [3.8, 4) is 11.5 Å². The van der Waals surface area contributed by atoms with Crippen LogP contribution in [0.25, 0.3) is 10.2 Å². The van der Waals surface area contributed by atoms with Crippen LogP contribution in [0.2, 0.25) is 0 Å². The fourth-order valence-electron chi connectivity index (χ4n) is 3.80. The van der Waals surface area contributed by atoms with Gasteiger partial charge < -0.3 is 19.3 Å². The van der Waals surface area contributed by atoms with E-state index in [2.05, 4.69) is 36.4 Å². The number of quaternary nitrogens is 2. The monoisotopic (exact) mass is 385 g/mol. The van der Waals surface area contributed by atoms with Gasteiger partial charge in [0.25, 0.3) is 0 Å². The zero-order valence-corrected chi connectivity index (χ0v) is 16.8. The molecule has 1 aliphatic rings. The predicted octanol–water partition coefficient (Wildman–Crippen LogP) is 0.797. The number of para-hydroxylation sites is 1. The molecule has 6 heteroatoms. The second kappa shape index (κ2) is 8.25. The second-order valence-electron chi connectivity index (χ2n) is 7.12. The van der Waals surface area contributed by atoms with E-state index in [0.717, 1.165) is 30.1 Å². The maximum Gasteiger partial charge on any atom is 0.161 e. The molecule has 3 aromatic rings. The van der Waals surface area contributed by atoms with Crippen LogP contribution in [0.15, 0.2) is 42.5 Å². The van der Waals surface area contributed by atoms with E-state index in [1.165, 1.54) is 41.5 Å². The van der Waals surface area contributed by atoms with Gasteiger partial charge in [-0.1, -0.05) is 12.1 Å². The normalized spacial score (nSPS) is 19.9. The summed E-state index contributed by atoms with van der Waals surface area (Å²) >= 11 is 1.84. The van der Waals surface area contributed by atoms with Gasteiger partial charge in [0.15, 0.2) is 11.5 Å². The van der Waals surface area contributed by atoms with Gasteiger partial charge in [0, 0.05) is 5.56 Å². The molecule has 2 heterocycles. The summed E-state index contributed by atoms with van der Waals surface area (Å²) in [5, 5.41) is 1.26. The molecule has 0 atom stereocenters. The average molecular weight is 386 g/mol. The van der Waals surface area contributed by atoms with E-state index in [4.69, 9.17) is 14.5 Å². The molecule has 0 bridgehead atoms. The molecule has 2 N–H and O–H groups in total. The molecule has 0 spiro atoms. The van der Waals surface area contributed by atoms with Crippen LogP contribution in [0, 0.1) is 0 Å². The highest BCUT2D eigenvalue weighted by molar-refractivity contribution is 7.18. The molecule has 2 aromatic carbocycles. The molecule has 0 amide bonds. The standard InChI is InChI=1S/C21H25N3O2S/c1-25-18-8-7-16(13-19(18)26-2)14-23-9-11-24(12-10-23)15-21-22-17-5-3-4-6-20(17)27-21/h3-8,13H,9-12,14-15H2,1-2H3/p+2. The number of methoxy groups -OCH3 is 2. The number of nitrogens with one attached hydrogen (secondary N) is 2. The van der Waals surface area contributed by atoms with Crippen LogP contribution in [0.1, 0.15) is 10.6 Å². The first-order valence-corrected chi connectivity index (χ1v) is 10.3. The second-order valence-corrected chi connectivity index (χ2v) is 8.23. The van der Waals surface area contributed by atoms with Crippen molar-refractivity contribution in [3.63, 3.8) is 0 Å². The highest BCUT2D eigenvalue weighted by Gasteiger charge is 2.24. The molecule has 142 valence electrons. The first kappa shape index (κ1) is 18.2. The summed E-state index contributed by atoms with van der Waals surface area (Å²) in [6.07, 6.45) is 0. The minimum absolute atomic E-state index is 0.793. The third kappa shape index (κ3) is 4.24. The lowest BCUT2D eigenvalue weighted by atomic mass is 10.1. The van der Waals surface area contributed by atoms with Crippen molar-refractivity contribution in [1.82, 2.24) is 4.98 Å². The van der Waals surface area contributed by atoms with Gasteiger partial charge in [0.05, 0.1) is 24.4 Å². The Labute approximate surface area is 164 Å². The number of ether oxygens (including phenoxy) is 2. The molecule has 1 fully saturated rings. The summed E-state index contributed by atoms with van der Waals surface area (Å²) in [5.74, 6) is 1.61. The van der Waals surface area contributed by atoms with Gasteiger partial charge in [-0.2, -0.15) is 0 Å². The summed E-state index contributed by atoms with van der Waals surface area (Å²) in [7, 11) is 3.37. The molecule has 0 aliphatic carbocycles. The molecule has 5 nitrogen and oxygen atoms in total. The van der Waals surface area contributed by atoms with Gasteiger partial charge in [0.1, 0.15) is 44.3 Å². The van der Waals surface area contributed by atoms with E-state index in [1.54, 1.807) is 24.0 Å². The third-order valence-corrected chi connectivity index (χ3v) is 6.34. The van der Waals surface area contributed by atoms with Crippen LogP contribution in [-0.2, 0) is 13.1 Å². The quantitative estimate of drug-likeness (QED) is 0.659. The van der Waals surface area contributed by atoms with Gasteiger partial charge in [-0.05, 0) is 30.3 Å². The Morgan fingerprint density at radius 2 is 1.59 bits per heavy atom. The number of piperazine rings is 1. The lowest BCUT2D eigenvalue weighted by Crippen LogP contribution is -3.27. The van der Waals surface area contributed by atoms with Crippen molar-refractivity contribution >= 4 is 21.6 Å². The van der Waals surface area contributed by atoms with Crippen LogP contribution in [0.3, 0.4) is 0 Å². The molecule has 27 heavy (non-hydrogen) atoms. The van der Waals surface area contributed by atoms with Crippen molar-refractivity contribution in [2.45, 2.75) is 13.1 Å². The van der Waals surface area contributed by atoms with Gasteiger partial charge >= 0.3 is 0 Å². The molecule has 0 unspecified atom stereocenters. The molecule has 4 rings (SSSR count). The van der Waals surface area contributed by atoms with E-state index in [9.17, 15) is 0 Å². The molecule has 0 radical (unpaired) electrons. The molecule has 1 saturated heterocycles. The highest BCUT2D eigenvalue weighted by atomic mass is 32.1. The summed E-state index contributed by atoms with van der Waals surface area (Å²) in [4.78, 5) is 8.07. The first-order valence-electron chi connectivity index (χ1n) is 9.47. The number of thiazole rings is 1. The SMILES string of the molecule is COc1ccc(C[NH+]2CC[NH+](Cc3nc4ccccc4s3)CC2)cc1OC. The Kier molecular flexibility index (Phi) is 5.57. The fourth-order valence-corrected chi connectivity index (χ4v) is 4.84. The van der Waals surface area contributed by atoms with Crippen molar-refractivity contribution in [1.29, 1.82) is 0 Å². The van der Waals surface area contributed by atoms with E-state index in [1.807, 2.05) is 17.4 Å². The number of hydrogen-bond acceptors (Lipinski definition) is 4. The first-order chi connectivity index (χ1) is 13.2. The van der Waals surface area contributed by atoms with Crippen LogP contribution < -0.4 is 19.3 Å². The lowest BCUT2D eigenvalue weighted by molar-refractivity contribution is -1.02. The third-order valence-electron chi connectivity index (χ3n) is 5.31. The topological polar surface area (TPSA) is 40.2 Å². The van der Waals surface area contributed by atoms with Gasteiger partial charge in [-0.25, -0.2) is 4.98 Å². The van der Waals surface area contributed by atoms with Crippen LogP contribution >= 0.6 is 11.3 Å². The fraction of sp³-hybridized carbons (Fsp3) is 0.381. The van der Waals surface area contributed by atoms with Gasteiger partial charge in [-0.15, -0.1) is 11.3 Å². The molecule has 0 saturated carbocycles. The smallest absolute Gasteiger partial charge is 0.161 e. The van der Waals surface area contributed by atoms with Gasteiger partial charge in [-0.3, -0.25) is 0 Å². The lowest BCUT2D eigenvalue weighted by Gasteiger charge is -2.29. The summed E-state index contributed by atoms with van der Waals surface area (Å²) < 4.78 is 12.1. The molecular formula is C21H27N3O2S+2. The summed E-state index contributed by atoms with van der Waals surface area (Å²) in [5.41, 5.74) is 2.44. The zero-order valence-electron chi connectivity index (χ0n) is 16.0. The van der Waals surface area contributed by atoms with Crippen LogP contribution in [-0.4, -0.2) is 45.4 Å². The summed E-state index contributed by atoms with van der Waals surface area (Å²) in [6.45, 7) is 6.85. The maximum atomic E-state index is 5.43. The van der Waals surface area contributed by atoms with Crippen molar-refractivity contribution in [2.75, 3.05) is 40.4 Å². The molecule has 1 aliphatic heterocycles. The number of nitrogens with zero attached hydrogens (tertiary/aromatic N) is 1. The minimum Gasteiger partial charge on any atom is -0.493 e. The Hall–Kier alpha value is -2.15. The average Bonchev–Trinajstić information content (AvgIpc) is 3.11. The van der Waals surface area contributed by atoms with Crippen molar-refractivity contribution in [2.24, 2.45) is 0 Å². The minimum atomic E-state index is 0.793. The number of benzene rings is 2. The maximum absolute atomic E-state index is 5.43. The largest absolute Gasteiger partial charge is 0.493 e. The number of aromatic nitrogens is 1. The predicted molar refractivity (Wildman–Crippen MR) is 108 cm³/mol. The Morgan fingerprint density at radius 1 is 0.889 bits per heavy atom. The Balaban J connectivity index is 1.32. The number of fused-ring (bicyclic) bond motifs is 1. The Bertz CT molecular complexity index is 870. The van der Waals surface area contributed by atoms with Crippen molar-refractivity contribution in [3.05, 3.63) is 53.0 Å².